The smallest absolute Gasteiger partial charge is 0.0520 e. The molecule has 0 saturated carbocycles. The molecule has 1 N–H and O–H groups in total. The SMILES string of the molecule is CCCCC#Cc1cc(Br)ccc1N(C)C.CCCCC#Cc1cc(Br)ccc1NC.CCCCc1c(C)c2cc(Br)ccc2n1C. The van der Waals surface area contributed by atoms with Gasteiger partial charge in [-0.3, -0.25) is 0 Å². The fourth-order valence-electron chi connectivity index (χ4n) is 5.03. The van der Waals surface area contributed by atoms with Crippen LogP contribution in [0.15, 0.2) is 68.0 Å². The molecule has 0 radical (unpaired) electrons. The van der Waals surface area contributed by atoms with Crippen LogP contribution in [0.2, 0.25) is 0 Å². The highest BCUT2D eigenvalue weighted by Crippen LogP contribution is 2.28. The van der Waals surface area contributed by atoms with Crippen LogP contribution in [0.4, 0.5) is 11.4 Å². The molecule has 0 aliphatic heterocycles. The summed E-state index contributed by atoms with van der Waals surface area (Å²) in [5.41, 5.74) is 8.67. The zero-order chi connectivity index (χ0) is 34.8. The van der Waals surface area contributed by atoms with E-state index in [1.807, 2.05) is 45.4 Å². The lowest BCUT2D eigenvalue weighted by Gasteiger charge is -2.14. The number of aromatic nitrogens is 1. The number of hydrogen-bond acceptors (Lipinski definition) is 2. The molecule has 252 valence electrons. The van der Waals surface area contributed by atoms with Gasteiger partial charge in [0.1, 0.15) is 0 Å². The monoisotopic (exact) mass is 823 g/mol. The molecule has 4 aromatic rings. The number of anilines is 2. The Morgan fingerprint density at radius 2 is 1.26 bits per heavy atom. The van der Waals surface area contributed by atoms with Crippen LogP contribution in [0.5, 0.6) is 0 Å². The highest BCUT2D eigenvalue weighted by Gasteiger charge is 2.11. The molecule has 3 aromatic carbocycles. The number of halogens is 3. The highest BCUT2D eigenvalue weighted by molar-refractivity contribution is 9.11. The van der Waals surface area contributed by atoms with E-state index in [0.717, 1.165) is 43.1 Å². The molecule has 0 fully saturated rings. The van der Waals surface area contributed by atoms with Gasteiger partial charge in [-0.05, 0) is 92.8 Å². The quantitative estimate of drug-likeness (QED) is 0.134. The second kappa shape index (κ2) is 22.1. The lowest BCUT2D eigenvalue weighted by molar-refractivity contribution is 0.737. The summed E-state index contributed by atoms with van der Waals surface area (Å²) in [6.07, 6.45) is 10.4. The predicted octanol–water partition coefficient (Wildman–Crippen LogP) is 12.7. The summed E-state index contributed by atoms with van der Waals surface area (Å²) < 4.78 is 5.65. The van der Waals surface area contributed by atoms with Gasteiger partial charge >= 0.3 is 0 Å². The molecule has 4 rings (SSSR count). The molecule has 6 heteroatoms. The van der Waals surface area contributed by atoms with Crippen molar-refractivity contribution in [3.8, 4) is 23.7 Å². The third-order valence-corrected chi connectivity index (χ3v) is 9.26. The summed E-state index contributed by atoms with van der Waals surface area (Å²) in [5.74, 6) is 12.9. The third-order valence-electron chi connectivity index (χ3n) is 7.78. The van der Waals surface area contributed by atoms with E-state index in [1.165, 1.54) is 72.8 Å². The average Bonchev–Trinajstić information content (AvgIpc) is 3.28. The maximum absolute atomic E-state index is 3.54. The Hall–Kier alpha value is -2.64. The van der Waals surface area contributed by atoms with Gasteiger partial charge in [-0.2, -0.15) is 0 Å². The van der Waals surface area contributed by atoms with Gasteiger partial charge in [0.25, 0.3) is 0 Å². The first-order chi connectivity index (χ1) is 22.6. The minimum Gasteiger partial charge on any atom is -0.387 e. The van der Waals surface area contributed by atoms with Crippen LogP contribution in [-0.4, -0.2) is 25.7 Å². The summed E-state index contributed by atoms with van der Waals surface area (Å²) in [4.78, 5) is 2.09. The molecule has 3 nitrogen and oxygen atoms in total. The maximum atomic E-state index is 3.54. The van der Waals surface area contributed by atoms with Crippen molar-refractivity contribution < 1.29 is 0 Å². The largest absolute Gasteiger partial charge is 0.387 e. The number of aryl methyl sites for hydroxylation is 2. The summed E-state index contributed by atoms with van der Waals surface area (Å²) in [6, 6.07) is 18.9. The van der Waals surface area contributed by atoms with Crippen LogP contribution in [0, 0.1) is 30.6 Å². The summed E-state index contributed by atoms with van der Waals surface area (Å²) in [5, 5.41) is 4.52. The van der Waals surface area contributed by atoms with Crippen LogP contribution < -0.4 is 10.2 Å². The van der Waals surface area contributed by atoms with Crippen molar-refractivity contribution >= 4 is 70.1 Å². The molecule has 47 heavy (non-hydrogen) atoms. The van der Waals surface area contributed by atoms with E-state index in [0.29, 0.717) is 0 Å². The summed E-state index contributed by atoms with van der Waals surface area (Å²) >= 11 is 10.5. The van der Waals surface area contributed by atoms with Gasteiger partial charge < -0.3 is 14.8 Å². The van der Waals surface area contributed by atoms with Gasteiger partial charge in [-0.1, -0.05) is 112 Å². The predicted molar refractivity (Wildman–Crippen MR) is 219 cm³/mol. The van der Waals surface area contributed by atoms with E-state index in [2.05, 4.69) is 151 Å². The molecule has 0 bridgehead atoms. The van der Waals surface area contributed by atoms with Gasteiger partial charge in [-0.15, -0.1) is 0 Å². The number of hydrogen-bond donors (Lipinski definition) is 1. The van der Waals surface area contributed by atoms with E-state index in [1.54, 1.807) is 0 Å². The average molecular weight is 827 g/mol. The van der Waals surface area contributed by atoms with Crippen LogP contribution in [0.1, 0.15) is 94.5 Å². The van der Waals surface area contributed by atoms with E-state index in [9.17, 15) is 0 Å². The first-order valence-corrected chi connectivity index (χ1v) is 19.1. The molecule has 0 unspecified atom stereocenters. The van der Waals surface area contributed by atoms with Crippen LogP contribution in [0.25, 0.3) is 10.9 Å². The van der Waals surface area contributed by atoms with Crippen molar-refractivity contribution in [2.75, 3.05) is 31.4 Å². The topological polar surface area (TPSA) is 20.2 Å². The van der Waals surface area contributed by atoms with Gasteiger partial charge in [0.2, 0.25) is 0 Å². The molecule has 0 amide bonds. The first kappa shape index (κ1) is 40.5. The number of unbranched alkanes of at least 4 members (excludes halogenated alkanes) is 5. The van der Waals surface area contributed by atoms with Gasteiger partial charge in [0.05, 0.1) is 5.69 Å². The lowest BCUT2D eigenvalue weighted by atomic mass is 10.1. The Balaban J connectivity index is 0.000000245. The molecule has 0 atom stereocenters. The summed E-state index contributed by atoms with van der Waals surface area (Å²) in [6.45, 7) is 8.85. The van der Waals surface area contributed by atoms with Crippen molar-refractivity contribution in [3.05, 3.63) is 90.4 Å². The summed E-state index contributed by atoms with van der Waals surface area (Å²) in [7, 11) is 8.18. The van der Waals surface area contributed by atoms with Crippen molar-refractivity contribution in [3.63, 3.8) is 0 Å². The molecule has 0 spiro atoms. The Bertz CT molecular complexity index is 1680. The number of rotatable bonds is 9. The molecule has 0 saturated heterocycles. The van der Waals surface area contributed by atoms with Crippen molar-refractivity contribution in [1.82, 2.24) is 4.57 Å². The Labute approximate surface area is 310 Å². The second-order valence-corrected chi connectivity index (χ2v) is 14.4. The van der Waals surface area contributed by atoms with E-state index >= 15 is 0 Å². The van der Waals surface area contributed by atoms with Crippen molar-refractivity contribution in [2.45, 2.75) is 85.5 Å². The minimum absolute atomic E-state index is 0.978. The number of benzene rings is 3. The van der Waals surface area contributed by atoms with Crippen molar-refractivity contribution in [2.24, 2.45) is 7.05 Å². The second-order valence-electron chi connectivity index (χ2n) is 11.7. The van der Waals surface area contributed by atoms with Gasteiger partial charge in [0.15, 0.2) is 0 Å². The standard InChI is InChI=1S/2C14H18BrN.C13H16BrN/c1-4-5-6-13-10(2)12-9-11(15)7-8-14(12)16(13)3;1-4-5-6-7-8-12-11-13(15)9-10-14(12)16(2)3;1-3-4-5-6-7-11-10-12(14)8-9-13(11)15-2/h7-9H,4-6H2,1-3H3;9-11H,4-6H2,1-3H3;8-10,15H,3-5H2,1-2H3. The molecule has 0 aliphatic rings. The molecular formula is C41H52Br3N3. The molecule has 1 aromatic heterocycles. The fourth-order valence-corrected chi connectivity index (χ4v) is 6.12. The highest BCUT2D eigenvalue weighted by atomic mass is 79.9. The van der Waals surface area contributed by atoms with Crippen LogP contribution in [0.3, 0.4) is 0 Å². The maximum Gasteiger partial charge on any atom is 0.0520 e. The van der Waals surface area contributed by atoms with E-state index < -0.39 is 0 Å². The molecule has 0 aliphatic carbocycles. The van der Waals surface area contributed by atoms with Crippen LogP contribution >= 0.6 is 47.8 Å². The molecule has 1 heterocycles. The minimum atomic E-state index is 0.978. The van der Waals surface area contributed by atoms with Crippen LogP contribution in [-0.2, 0) is 13.5 Å². The number of nitrogens with one attached hydrogen (secondary N) is 1. The Morgan fingerprint density at radius 3 is 1.83 bits per heavy atom. The Kier molecular flexibility index (Phi) is 19.0. The van der Waals surface area contributed by atoms with Gasteiger partial charge in [0, 0.05) is 87.9 Å². The molecular weight excluding hydrogens is 774 g/mol. The van der Waals surface area contributed by atoms with E-state index in [4.69, 9.17) is 0 Å². The normalized spacial score (nSPS) is 10.0. The Morgan fingerprint density at radius 1 is 0.723 bits per heavy atom. The zero-order valence-electron chi connectivity index (χ0n) is 29.6. The lowest BCUT2D eigenvalue weighted by Crippen LogP contribution is -2.10. The third kappa shape index (κ3) is 13.4. The fraction of sp³-hybridized carbons (Fsp3) is 0.415. The van der Waals surface area contributed by atoms with E-state index in [-0.39, 0.29) is 0 Å². The van der Waals surface area contributed by atoms with Gasteiger partial charge in [-0.25, -0.2) is 0 Å². The first-order valence-electron chi connectivity index (χ1n) is 16.7. The number of nitrogens with zero attached hydrogens (tertiary/aromatic N) is 2. The zero-order valence-corrected chi connectivity index (χ0v) is 34.3. The number of fused-ring (bicyclic) bond motifs is 1. The van der Waals surface area contributed by atoms with Crippen molar-refractivity contribution in [1.29, 1.82) is 0 Å².